The van der Waals surface area contributed by atoms with Crippen molar-refractivity contribution in [3.8, 4) is 0 Å². The third-order valence-electron chi connectivity index (χ3n) is 3.92. The molecule has 0 heterocycles. The number of nitrogens with one attached hydrogen (secondary N) is 1. The first kappa shape index (κ1) is 16.0. The summed E-state index contributed by atoms with van der Waals surface area (Å²) in [7, 11) is -3.69. The quantitative estimate of drug-likeness (QED) is 0.838. The van der Waals surface area contributed by atoms with Crippen molar-refractivity contribution < 1.29 is 13.2 Å². The molecule has 21 heavy (non-hydrogen) atoms. The van der Waals surface area contributed by atoms with Crippen LogP contribution in [0, 0.1) is 5.92 Å². The molecule has 1 amide bonds. The topological polar surface area (TPSA) is 89.3 Å². The van der Waals surface area contributed by atoms with Gasteiger partial charge in [0.2, 0.25) is 15.9 Å². The maximum Gasteiger partial charge on any atom is 0.238 e. The molecule has 1 aromatic carbocycles. The lowest BCUT2D eigenvalue weighted by molar-refractivity contribution is -0.117. The molecule has 0 atom stereocenters. The first-order chi connectivity index (χ1) is 9.95. The van der Waals surface area contributed by atoms with E-state index in [4.69, 9.17) is 5.14 Å². The Morgan fingerprint density at radius 2 is 1.67 bits per heavy atom. The zero-order valence-corrected chi connectivity index (χ0v) is 12.9. The summed E-state index contributed by atoms with van der Waals surface area (Å²) in [5.74, 6) is 0.460. The Kier molecular flexibility index (Phi) is 5.36. The van der Waals surface area contributed by atoms with E-state index in [0.717, 1.165) is 12.8 Å². The van der Waals surface area contributed by atoms with E-state index in [1.807, 2.05) is 0 Å². The molecule has 5 nitrogen and oxygen atoms in total. The van der Waals surface area contributed by atoms with E-state index in [1.165, 1.54) is 37.8 Å². The van der Waals surface area contributed by atoms with Crippen LogP contribution in [0.1, 0.15) is 44.9 Å². The van der Waals surface area contributed by atoms with Crippen molar-refractivity contribution in [1.82, 2.24) is 0 Å². The summed E-state index contributed by atoms with van der Waals surface area (Å²) in [5.41, 5.74) is 0.598. The highest BCUT2D eigenvalue weighted by atomic mass is 32.2. The molecule has 0 spiro atoms. The van der Waals surface area contributed by atoms with E-state index >= 15 is 0 Å². The molecule has 116 valence electrons. The molecule has 0 bridgehead atoms. The Morgan fingerprint density at radius 3 is 2.19 bits per heavy atom. The number of rotatable bonds is 4. The number of amides is 1. The summed E-state index contributed by atoms with van der Waals surface area (Å²) < 4.78 is 22.3. The van der Waals surface area contributed by atoms with Crippen LogP contribution in [0.3, 0.4) is 0 Å². The molecule has 0 saturated heterocycles. The number of benzene rings is 1. The van der Waals surface area contributed by atoms with Crippen molar-refractivity contribution in [3.05, 3.63) is 24.3 Å². The van der Waals surface area contributed by atoms with Crippen molar-refractivity contribution in [3.63, 3.8) is 0 Å². The lowest BCUT2D eigenvalue weighted by atomic mass is 9.96. The van der Waals surface area contributed by atoms with Gasteiger partial charge in [-0.25, -0.2) is 13.6 Å². The molecule has 1 saturated carbocycles. The average molecular weight is 310 g/mol. The van der Waals surface area contributed by atoms with E-state index in [-0.39, 0.29) is 10.8 Å². The molecule has 1 aliphatic carbocycles. The Bertz CT molecular complexity index is 573. The van der Waals surface area contributed by atoms with Crippen molar-refractivity contribution in [2.24, 2.45) is 11.1 Å². The minimum Gasteiger partial charge on any atom is -0.326 e. The van der Waals surface area contributed by atoms with Gasteiger partial charge in [-0.15, -0.1) is 0 Å². The number of sulfonamides is 1. The van der Waals surface area contributed by atoms with Gasteiger partial charge in [-0.1, -0.05) is 25.7 Å². The largest absolute Gasteiger partial charge is 0.326 e. The van der Waals surface area contributed by atoms with Crippen LogP contribution in [0.2, 0.25) is 0 Å². The number of hydrogen-bond donors (Lipinski definition) is 2. The van der Waals surface area contributed by atoms with Gasteiger partial charge >= 0.3 is 0 Å². The summed E-state index contributed by atoms with van der Waals surface area (Å²) in [5, 5.41) is 7.85. The zero-order chi connectivity index (χ0) is 15.3. The number of nitrogens with two attached hydrogens (primary N) is 1. The molecule has 2 rings (SSSR count). The standard InChI is InChI=1S/C15H22N2O3S/c16-21(19,20)14-9-7-13(8-10-14)17-15(18)11-12-5-3-1-2-4-6-12/h7-10,12H,1-6,11H2,(H,17,18)(H2,16,19,20). The molecular weight excluding hydrogens is 288 g/mol. The highest BCUT2D eigenvalue weighted by molar-refractivity contribution is 7.89. The third-order valence-corrected chi connectivity index (χ3v) is 4.84. The Labute approximate surface area is 126 Å². The van der Waals surface area contributed by atoms with E-state index in [9.17, 15) is 13.2 Å². The van der Waals surface area contributed by atoms with Crippen LogP contribution in [0.5, 0.6) is 0 Å². The van der Waals surface area contributed by atoms with Gasteiger partial charge in [0.15, 0.2) is 0 Å². The molecule has 6 heteroatoms. The smallest absolute Gasteiger partial charge is 0.238 e. The molecule has 0 unspecified atom stereocenters. The van der Waals surface area contributed by atoms with E-state index < -0.39 is 10.0 Å². The second-order valence-electron chi connectivity index (χ2n) is 5.68. The Balaban J connectivity index is 1.90. The summed E-state index contributed by atoms with van der Waals surface area (Å²) in [6.07, 6.45) is 7.74. The minimum atomic E-state index is -3.69. The lowest BCUT2D eigenvalue weighted by Crippen LogP contribution is -2.16. The van der Waals surface area contributed by atoms with Crippen LogP contribution in [0.25, 0.3) is 0 Å². The van der Waals surface area contributed by atoms with Crippen LogP contribution >= 0.6 is 0 Å². The van der Waals surface area contributed by atoms with Gasteiger partial charge in [-0.3, -0.25) is 4.79 Å². The highest BCUT2D eigenvalue weighted by Gasteiger charge is 2.16. The van der Waals surface area contributed by atoms with E-state index in [0.29, 0.717) is 18.0 Å². The maximum atomic E-state index is 12.0. The molecule has 1 aliphatic rings. The molecule has 0 aromatic heterocycles. The number of carbonyl (C=O) groups excluding carboxylic acids is 1. The van der Waals surface area contributed by atoms with Crippen LogP contribution in [-0.2, 0) is 14.8 Å². The summed E-state index contributed by atoms with van der Waals surface area (Å²) in [6, 6.07) is 5.92. The van der Waals surface area contributed by atoms with Gasteiger partial charge < -0.3 is 5.32 Å². The van der Waals surface area contributed by atoms with Crippen LogP contribution in [0.15, 0.2) is 29.2 Å². The monoisotopic (exact) mass is 310 g/mol. The van der Waals surface area contributed by atoms with Gasteiger partial charge in [-0.2, -0.15) is 0 Å². The van der Waals surface area contributed by atoms with Gasteiger partial charge in [0.05, 0.1) is 4.90 Å². The predicted octanol–water partition coefficient (Wildman–Crippen LogP) is 2.63. The second-order valence-corrected chi connectivity index (χ2v) is 7.24. The zero-order valence-electron chi connectivity index (χ0n) is 12.0. The molecule has 0 radical (unpaired) electrons. The molecular formula is C15H22N2O3S. The van der Waals surface area contributed by atoms with E-state index in [1.54, 1.807) is 12.1 Å². The molecule has 1 fully saturated rings. The number of primary sulfonamides is 1. The third kappa shape index (κ3) is 5.13. The molecule has 1 aromatic rings. The Morgan fingerprint density at radius 1 is 1.10 bits per heavy atom. The van der Waals surface area contributed by atoms with Gasteiger partial charge in [0.25, 0.3) is 0 Å². The number of anilines is 1. The highest BCUT2D eigenvalue weighted by Crippen LogP contribution is 2.25. The predicted molar refractivity (Wildman–Crippen MR) is 82.3 cm³/mol. The average Bonchev–Trinajstić information content (AvgIpc) is 2.67. The molecule has 3 N–H and O–H groups in total. The summed E-state index contributed by atoms with van der Waals surface area (Å²) in [6.45, 7) is 0. The molecule has 0 aliphatic heterocycles. The summed E-state index contributed by atoms with van der Waals surface area (Å²) >= 11 is 0. The fourth-order valence-corrected chi connectivity index (χ4v) is 3.29. The van der Waals surface area contributed by atoms with Crippen LogP contribution < -0.4 is 10.5 Å². The first-order valence-corrected chi connectivity index (χ1v) is 8.92. The normalized spacial score (nSPS) is 17.2. The number of hydrogen-bond acceptors (Lipinski definition) is 3. The van der Waals surface area contributed by atoms with Gasteiger partial charge in [0.1, 0.15) is 0 Å². The SMILES string of the molecule is NS(=O)(=O)c1ccc(NC(=O)CC2CCCCCC2)cc1. The summed E-state index contributed by atoms with van der Waals surface area (Å²) in [4.78, 5) is 12.1. The van der Waals surface area contributed by atoms with Crippen molar-refractivity contribution in [2.45, 2.75) is 49.8 Å². The maximum absolute atomic E-state index is 12.0. The Hall–Kier alpha value is -1.40. The lowest BCUT2D eigenvalue weighted by Gasteiger charge is -2.13. The second kappa shape index (κ2) is 7.04. The number of carbonyl (C=O) groups is 1. The van der Waals surface area contributed by atoms with Gasteiger partial charge in [-0.05, 0) is 43.0 Å². The fraction of sp³-hybridized carbons (Fsp3) is 0.533. The van der Waals surface area contributed by atoms with Crippen molar-refractivity contribution in [1.29, 1.82) is 0 Å². The minimum absolute atomic E-state index is 0.00902. The van der Waals surface area contributed by atoms with E-state index in [2.05, 4.69) is 5.32 Å². The first-order valence-electron chi connectivity index (χ1n) is 7.38. The van der Waals surface area contributed by atoms with Gasteiger partial charge in [0, 0.05) is 12.1 Å². The van der Waals surface area contributed by atoms with Crippen LogP contribution in [-0.4, -0.2) is 14.3 Å². The van der Waals surface area contributed by atoms with Crippen LogP contribution in [0.4, 0.5) is 5.69 Å². The van der Waals surface area contributed by atoms with Crippen molar-refractivity contribution >= 4 is 21.6 Å². The fourth-order valence-electron chi connectivity index (χ4n) is 2.77. The van der Waals surface area contributed by atoms with Crippen molar-refractivity contribution in [2.75, 3.05) is 5.32 Å².